The first kappa shape index (κ1) is 16.1. The van der Waals surface area contributed by atoms with E-state index in [1.807, 2.05) is 13.0 Å². The van der Waals surface area contributed by atoms with Gasteiger partial charge in [0.25, 0.3) is 0 Å². The zero-order chi connectivity index (χ0) is 16.1. The Morgan fingerprint density at radius 1 is 1.32 bits per heavy atom. The van der Waals surface area contributed by atoms with Gasteiger partial charge in [0.1, 0.15) is 0 Å². The van der Waals surface area contributed by atoms with E-state index in [1.54, 1.807) is 0 Å². The molecule has 1 aliphatic heterocycles. The van der Waals surface area contributed by atoms with Crippen molar-refractivity contribution >= 4 is 17.6 Å². The van der Waals surface area contributed by atoms with Crippen molar-refractivity contribution in [3.8, 4) is 0 Å². The molecule has 0 aromatic heterocycles. The lowest BCUT2D eigenvalue weighted by atomic mass is 9.97. The molecule has 1 atom stereocenters. The largest absolute Gasteiger partial charge is 0.465 e. The Labute approximate surface area is 130 Å². The van der Waals surface area contributed by atoms with Gasteiger partial charge < -0.3 is 15.3 Å². The van der Waals surface area contributed by atoms with Crippen LogP contribution in [0.1, 0.15) is 31.4 Å². The number of carbonyl (C=O) groups excluding carboxylic acids is 1. The number of hydrogen-bond acceptors (Lipinski definition) is 2. The third kappa shape index (κ3) is 4.35. The Kier molecular flexibility index (Phi) is 5.20. The molecule has 2 amide bonds. The van der Waals surface area contributed by atoms with Gasteiger partial charge in [-0.05, 0) is 36.5 Å². The van der Waals surface area contributed by atoms with Crippen LogP contribution in [0.25, 0.3) is 5.57 Å². The Morgan fingerprint density at radius 2 is 2.00 bits per heavy atom. The van der Waals surface area contributed by atoms with Gasteiger partial charge in [0, 0.05) is 26.1 Å². The molecule has 1 aromatic carbocycles. The van der Waals surface area contributed by atoms with Gasteiger partial charge in [-0.15, -0.1) is 0 Å². The summed E-state index contributed by atoms with van der Waals surface area (Å²) in [5.74, 6) is -0.0144. The van der Waals surface area contributed by atoms with Crippen molar-refractivity contribution in [2.75, 3.05) is 13.1 Å². The molecule has 0 aliphatic carbocycles. The van der Waals surface area contributed by atoms with Crippen LogP contribution in [0.2, 0.25) is 0 Å². The van der Waals surface area contributed by atoms with E-state index in [2.05, 4.69) is 29.6 Å². The second-order valence-electron chi connectivity index (χ2n) is 5.71. The van der Waals surface area contributed by atoms with E-state index in [4.69, 9.17) is 5.11 Å². The summed E-state index contributed by atoms with van der Waals surface area (Å²) in [6, 6.07) is 8.38. The van der Waals surface area contributed by atoms with Crippen LogP contribution in [-0.2, 0) is 11.2 Å². The van der Waals surface area contributed by atoms with E-state index in [1.165, 1.54) is 23.0 Å². The smallest absolute Gasteiger partial charge is 0.407 e. The van der Waals surface area contributed by atoms with Crippen molar-refractivity contribution in [1.82, 2.24) is 10.2 Å². The Hall–Kier alpha value is -2.30. The number of hydrogen-bond donors (Lipinski definition) is 2. The average molecular weight is 302 g/mol. The summed E-state index contributed by atoms with van der Waals surface area (Å²) in [6.07, 6.45) is 2.66. The predicted molar refractivity (Wildman–Crippen MR) is 85.6 cm³/mol. The van der Waals surface area contributed by atoms with E-state index in [-0.39, 0.29) is 11.9 Å². The third-order valence-electron chi connectivity index (χ3n) is 3.80. The molecule has 2 rings (SSSR count). The highest BCUT2D eigenvalue weighted by molar-refractivity contribution is 5.73. The van der Waals surface area contributed by atoms with E-state index >= 15 is 0 Å². The van der Waals surface area contributed by atoms with Crippen LogP contribution in [0.15, 0.2) is 30.3 Å². The fourth-order valence-corrected chi connectivity index (χ4v) is 2.71. The molecule has 0 saturated carbocycles. The molecule has 22 heavy (non-hydrogen) atoms. The van der Waals surface area contributed by atoms with Gasteiger partial charge in [0.15, 0.2) is 0 Å². The fraction of sp³-hybridized carbons (Fsp3) is 0.412. The van der Waals surface area contributed by atoms with Gasteiger partial charge in [0.05, 0.1) is 0 Å². The number of carbonyl (C=O) groups is 2. The predicted octanol–water partition coefficient (Wildman–Crippen LogP) is 2.52. The standard InChI is InChI=1S/C17H22N2O3/c1-12(18-13(2)20)11-14-3-5-15(6-4-14)16-7-9-19(10-8-16)17(21)22/h3-7,12H,8-11H2,1-2H3,(H,18,20)(H,21,22). The first-order chi connectivity index (χ1) is 10.5. The monoisotopic (exact) mass is 302 g/mol. The second kappa shape index (κ2) is 7.11. The lowest BCUT2D eigenvalue weighted by Crippen LogP contribution is -2.33. The quantitative estimate of drug-likeness (QED) is 0.898. The molecule has 0 radical (unpaired) electrons. The van der Waals surface area contributed by atoms with Gasteiger partial charge in [-0.2, -0.15) is 0 Å². The maximum absolute atomic E-state index is 11.0. The number of amides is 2. The molecular formula is C17H22N2O3. The number of rotatable bonds is 4. The number of carboxylic acid groups (broad SMARTS) is 1. The highest BCUT2D eigenvalue weighted by Crippen LogP contribution is 2.23. The second-order valence-corrected chi connectivity index (χ2v) is 5.71. The first-order valence-corrected chi connectivity index (χ1v) is 7.49. The molecule has 0 saturated heterocycles. The topological polar surface area (TPSA) is 69.6 Å². The highest BCUT2D eigenvalue weighted by atomic mass is 16.4. The number of benzene rings is 1. The molecule has 1 unspecified atom stereocenters. The van der Waals surface area contributed by atoms with E-state index in [9.17, 15) is 9.59 Å². The zero-order valence-corrected chi connectivity index (χ0v) is 13.0. The van der Waals surface area contributed by atoms with Crippen LogP contribution >= 0.6 is 0 Å². The fourth-order valence-electron chi connectivity index (χ4n) is 2.71. The number of nitrogens with one attached hydrogen (secondary N) is 1. The maximum atomic E-state index is 11.0. The van der Waals surface area contributed by atoms with Gasteiger partial charge in [0.2, 0.25) is 5.91 Å². The summed E-state index contributed by atoms with van der Waals surface area (Å²) in [7, 11) is 0. The Morgan fingerprint density at radius 3 is 2.50 bits per heavy atom. The van der Waals surface area contributed by atoms with Crippen LogP contribution < -0.4 is 5.32 Å². The van der Waals surface area contributed by atoms with Gasteiger partial charge in [-0.1, -0.05) is 30.3 Å². The third-order valence-corrected chi connectivity index (χ3v) is 3.80. The SMILES string of the molecule is CC(=O)NC(C)Cc1ccc(C2=CCN(C(=O)O)CC2)cc1. The molecule has 2 N–H and O–H groups in total. The molecule has 0 spiro atoms. The van der Waals surface area contributed by atoms with Crippen LogP contribution in [0, 0.1) is 0 Å². The molecule has 0 fully saturated rings. The van der Waals surface area contributed by atoms with Gasteiger partial charge >= 0.3 is 6.09 Å². The van der Waals surface area contributed by atoms with E-state index in [0.717, 1.165) is 18.4 Å². The molecule has 1 aromatic rings. The molecule has 1 heterocycles. The lowest BCUT2D eigenvalue weighted by Gasteiger charge is -2.24. The summed E-state index contributed by atoms with van der Waals surface area (Å²) in [4.78, 5) is 23.3. The zero-order valence-electron chi connectivity index (χ0n) is 13.0. The maximum Gasteiger partial charge on any atom is 0.407 e. The van der Waals surface area contributed by atoms with Crippen molar-refractivity contribution < 1.29 is 14.7 Å². The summed E-state index contributed by atoms with van der Waals surface area (Å²) in [5, 5.41) is 11.8. The minimum absolute atomic E-state index is 0.0144. The Bertz CT molecular complexity index is 578. The molecule has 118 valence electrons. The van der Waals surface area contributed by atoms with Crippen molar-refractivity contribution in [1.29, 1.82) is 0 Å². The first-order valence-electron chi connectivity index (χ1n) is 7.49. The highest BCUT2D eigenvalue weighted by Gasteiger charge is 2.16. The average Bonchev–Trinajstić information content (AvgIpc) is 2.47. The summed E-state index contributed by atoms with van der Waals surface area (Å²) < 4.78 is 0. The molecule has 5 heteroatoms. The lowest BCUT2D eigenvalue weighted by molar-refractivity contribution is -0.119. The van der Waals surface area contributed by atoms with Crippen LogP contribution in [-0.4, -0.2) is 41.1 Å². The molecule has 0 bridgehead atoms. The molecule has 1 aliphatic rings. The summed E-state index contributed by atoms with van der Waals surface area (Å²) >= 11 is 0. The summed E-state index contributed by atoms with van der Waals surface area (Å²) in [6.45, 7) is 4.50. The van der Waals surface area contributed by atoms with Crippen molar-refractivity contribution in [3.63, 3.8) is 0 Å². The van der Waals surface area contributed by atoms with E-state index in [0.29, 0.717) is 13.1 Å². The van der Waals surface area contributed by atoms with E-state index < -0.39 is 6.09 Å². The van der Waals surface area contributed by atoms with Crippen molar-refractivity contribution in [3.05, 3.63) is 41.5 Å². The van der Waals surface area contributed by atoms with Crippen LogP contribution in [0.5, 0.6) is 0 Å². The normalized spacial score (nSPS) is 15.9. The Balaban J connectivity index is 1.97. The molecule has 5 nitrogen and oxygen atoms in total. The molecular weight excluding hydrogens is 280 g/mol. The van der Waals surface area contributed by atoms with Gasteiger partial charge in [-0.25, -0.2) is 4.79 Å². The number of nitrogens with zero attached hydrogens (tertiary/aromatic N) is 1. The minimum atomic E-state index is -0.863. The van der Waals surface area contributed by atoms with Gasteiger partial charge in [-0.3, -0.25) is 4.79 Å². The minimum Gasteiger partial charge on any atom is -0.465 e. The van der Waals surface area contributed by atoms with Crippen LogP contribution in [0.3, 0.4) is 0 Å². The van der Waals surface area contributed by atoms with Crippen molar-refractivity contribution in [2.45, 2.75) is 32.7 Å². The summed E-state index contributed by atoms with van der Waals surface area (Å²) in [5.41, 5.74) is 3.51. The van der Waals surface area contributed by atoms with Crippen LogP contribution in [0.4, 0.5) is 4.79 Å². The van der Waals surface area contributed by atoms with Crippen molar-refractivity contribution in [2.24, 2.45) is 0 Å².